The fourth-order valence-corrected chi connectivity index (χ4v) is 3.43. The van der Waals surface area contributed by atoms with Crippen LogP contribution in [0.3, 0.4) is 0 Å². The molecule has 2 N–H and O–H groups in total. The molecule has 138 valence electrons. The van der Waals surface area contributed by atoms with Gasteiger partial charge in [0.2, 0.25) is 0 Å². The highest BCUT2D eigenvalue weighted by molar-refractivity contribution is 5.76. The Bertz CT molecular complexity index is 731. The molecular weight excluding hydrogens is 331 g/mol. The first-order valence-electron chi connectivity index (χ1n) is 9.12. The number of aliphatic hydroxyl groups is 1. The number of halogens is 1. The molecule has 2 atom stereocenters. The predicted molar refractivity (Wildman–Crippen MR) is 100 cm³/mol. The number of amides is 2. The van der Waals surface area contributed by atoms with Gasteiger partial charge < -0.3 is 15.3 Å². The summed E-state index contributed by atoms with van der Waals surface area (Å²) < 4.78 is 13.1. The van der Waals surface area contributed by atoms with Crippen LogP contribution < -0.4 is 5.32 Å². The van der Waals surface area contributed by atoms with E-state index in [0.717, 1.165) is 29.5 Å². The third-order valence-electron chi connectivity index (χ3n) is 5.06. The maximum atomic E-state index is 13.1. The van der Waals surface area contributed by atoms with Crippen LogP contribution in [0.25, 0.3) is 11.1 Å². The molecule has 1 aliphatic heterocycles. The summed E-state index contributed by atoms with van der Waals surface area (Å²) in [4.78, 5) is 14.3. The maximum absolute atomic E-state index is 13.1. The molecule has 0 saturated carbocycles. The Kier molecular flexibility index (Phi) is 5.89. The van der Waals surface area contributed by atoms with Crippen molar-refractivity contribution in [2.24, 2.45) is 0 Å². The summed E-state index contributed by atoms with van der Waals surface area (Å²) in [6.07, 6.45) is 2.42. The number of nitrogens with zero attached hydrogens (tertiary/aromatic N) is 1. The summed E-state index contributed by atoms with van der Waals surface area (Å²) in [5.74, 6) is -0.243. The maximum Gasteiger partial charge on any atom is 0.318 e. The lowest BCUT2D eigenvalue weighted by Crippen LogP contribution is -2.52. The SMILES string of the molecule is CC(c1ccc(-c2ccc(F)cc2)cc1)N1CCC(CCCO)NC1=O. The summed E-state index contributed by atoms with van der Waals surface area (Å²) in [6.45, 7) is 2.90. The van der Waals surface area contributed by atoms with Gasteiger partial charge in [0.25, 0.3) is 0 Å². The Morgan fingerprint density at radius 3 is 2.35 bits per heavy atom. The molecule has 5 heteroatoms. The Morgan fingerprint density at radius 1 is 1.15 bits per heavy atom. The summed E-state index contributed by atoms with van der Waals surface area (Å²) in [7, 11) is 0. The number of benzene rings is 2. The van der Waals surface area contributed by atoms with Crippen molar-refractivity contribution in [3.63, 3.8) is 0 Å². The molecule has 0 aromatic heterocycles. The average molecular weight is 356 g/mol. The molecule has 0 spiro atoms. The van der Waals surface area contributed by atoms with E-state index in [9.17, 15) is 9.18 Å². The normalized spacial score (nSPS) is 18.5. The number of urea groups is 1. The lowest BCUT2D eigenvalue weighted by Gasteiger charge is -2.37. The number of aliphatic hydroxyl groups excluding tert-OH is 1. The smallest absolute Gasteiger partial charge is 0.318 e. The molecule has 3 rings (SSSR count). The van der Waals surface area contributed by atoms with Crippen molar-refractivity contribution in [3.8, 4) is 11.1 Å². The minimum atomic E-state index is -0.243. The second-order valence-corrected chi connectivity index (χ2v) is 6.80. The minimum absolute atomic E-state index is 0.0175. The van der Waals surface area contributed by atoms with Gasteiger partial charge in [-0.3, -0.25) is 0 Å². The highest BCUT2D eigenvalue weighted by Gasteiger charge is 2.28. The first-order valence-corrected chi connectivity index (χ1v) is 9.12. The monoisotopic (exact) mass is 356 g/mol. The summed E-state index contributed by atoms with van der Waals surface area (Å²) in [6, 6.07) is 14.6. The van der Waals surface area contributed by atoms with E-state index in [4.69, 9.17) is 5.11 Å². The number of hydrogen-bond donors (Lipinski definition) is 2. The van der Waals surface area contributed by atoms with Gasteiger partial charge >= 0.3 is 6.03 Å². The molecule has 2 unspecified atom stereocenters. The van der Waals surface area contributed by atoms with Crippen molar-refractivity contribution in [2.45, 2.75) is 38.3 Å². The molecule has 1 heterocycles. The molecule has 4 nitrogen and oxygen atoms in total. The van der Waals surface area contributed by atoms with Gasteiger partial charge in [-0.05, 0) is 55.0 Å². The molecule has 1 saturated heterocycles. The Balaban J connectivity index is 1.65. The standard InChI is InChI=1S/C21H25FN2O2/c1-15(24-13-12-20(3-2-14-25)23-21(24)26)16-4-6-17(7-5-16)18-8-10-19(22)11-9-18/h4-11,15,20,25H,2-3,12-14H2,1H3,(H,23,26). The van der Waals surface area contributed by atoms with Gasteiger partial charge in [0.05, 0.1) is 6.04 Å². The number of rotatable bonds is 6. The summed E-state index contributed by atoms with van der Waals surface area (Å²) in [5, 5.41) is 12.0. The van der Waals surface area contributed by atoms with Crippen molar-refractivity contribution >= 4 is 6.03 Å². The molecule has 2 aromatic carbocycles. The molecule has 1 fully saturated rings. The van der Waals surface area contributed by atoms with E-state index >= 15 is 0 Å². The van der Waals surface area contributed by atoms with Crippen LogP contribution in [0, 0.1) is 5.82 Å². The van der Waals surface area contributed by atoms with Crippen molar-refractivity contribution in [2.75, 3.05) is 13.2 Å². The first-order chi connectivity index (χ1) is 12.6. The van der Waals surface area contributed by atoms with Crippen LogP contribution in [-0.2, 0) is 0 Å². The highest BCUT2D eigenvalue weighted by Crippen LogP contribution is 2.27. The number of carbonyl (C=O) groups is 1. The van der Waals surface area contributed by atoms with Crippen molar-refractivity contribution in [1.29, 1.82) is 0 Å². The topological polar surface area (TPSA) is 52.6 Å². The molecule has 0 radical (unpaired) electrons. The molecule has 0 aliphatic carbocycles. The molecule has 1 aliphatic rings. The van der Waals surface area contributed by atoms with E-state index in [1.165, 1.54) is 12.1 Å². The zero-order valence-electron chi connectivity index (χ0n) is 15.0. The van der Waals surface area contributed by atoms with E-state index in [0.29, 0.717) is 13.0 Å². The lowest BCUT2D eigenvalue weighted by atomic mass is 9.99. The van der Waals surface area contributed by atoms with Crippen molar-refractivity contribution < 1.29 is 14.3 Å². The quantitative estimate of drug-likeness (QED) is 0.818. The highest BCUT2D eigenvalue weighted by atomic mass is 19.1. The average Bonchev–Trinajstić information content (AvgIpc) is 2.67. The summed E-state index contributed by atoms with van der Waals surface area (Å²) >= 11 is 0. The first kappa shape index (κ1) is 18.4. The number of carbonyl (C=O) groups excluding carboxylic acids is 1. The molecular formula is C21H25FN2O2. The van der Waals surface area contributed by atoms with Crippen LogP contribution in [0.1, 0.15) is 37.8 Å². The molecule has 2 aromatic rings. The Hall–Kier alpha value is -2.40. The molecule has 2 amide bonds. The Morgan fingerprint density at radius 2 is 1.77 bits per heavy atom. The van der Waals surface area contributed by atoms with Gasteiger partial charge in [0, 0.05) is 19.2 Å². The molecule has 26 heavy (non-hydrogen) atoms. The van der Waals surface area contributed by atoms with Crippen LogP contribution in [0.5, 0.6) is 0 Å². The van der Waals surface area contributed by atoms with E-state index in [-0.39, 0.29) is 30.5 Å². The van der Waals surface area contributed by atoms with Crippen molar-refractivity contribution in [3.05, 3.63) is 59.9 Å². The van der Waals surface area contributed by atoms with E-state index in [2.05, 4.69) is 5.32 Å². The fraction of sp³-hybridized carbons (Fsp3) is 0.381. The van der Waals surface area contributed by atoms with Gasteiger partial charge in [-0.2, -0.15) is 0 Å². The predicted octanol–water partition coefficient (Wildman–Crippen LogP) is 4.11. The number of nitrogens with one attached hydrogen (secondary N) is 1. The van der Waals surface area contributed by atoms with Gasteiger partial charge in [0.15, 0.2) is 0 Å². The van der Waals surface area contributed by atoms with Gasteiger partial charge in [-0.15, -0.1) is 0 Å². The van der Waals surface area contributed by atoms with Crippen LogP contribution in [0.4, 0.5) is 9.18 Å². The van der Waals surface area contributed by atoms with Gasteiger partial charge in [-0.25, -0.2) is 9.18 Å². The lowest BCUT2D eigenvalue weighted by molar-refractivity contribution is 0.150. The second kappa shape index (κ2) is 8.32. The molecule has 0 bridgehead atoms. The summed E-state index contributed by atoms with van der Waals surface area (Å²) in [5.41, 5.74) is 3.06. The van der Waals surface area contributed by atoms with Crippen LogP contribution in [0.15, 0.2) is 48.5 Å². The van der Waals surface area contributed by atoms with Gasteiger partial charge in [-0.1, -0.05) is 36.4 Å². The van der Waals surface area contributed by atoms with Crippen LogP contribution in [0.2, 0.25) is 0 Å². The van der Waals surface area contributed by atoms with Crippen molar-refractivity contribution in [1.82, 2.24) is 10.2 Å². The second-order valence-electron chi connectivity index (χ2n) is 6.80. The largest absolute Gasteiger partial charge is 0.396 e. The van der Waals surface area contributed by atoms with E-state index in [1.807, 2.05) is 36.1 Å². The van der Waals surface area contributed by atoms with E-state index in [1.54, 1.807) is 12.1 Å². The van der Waals surface area contributed by atoms with Crippen LogP contribution >= 0.6 is 0 Å². The fourth-order valence-electron chi connectivity index (χ4n) is 3.43. The third-order valence-corrected chi connectivity index (χ3v) is 5.06. The van der Waals surface area contributed by atoms with Crippen LogP contribution in [-0.4, -0.2) is 35.2 Å². The third kappa shape index (κ3) is 4.22. The zero-order valence-corrected chi connectivity index (χ0v) is 15.0. The zero-order chi connectivity index (χ0) is 18.5. The Labute approximate surface area is 153 Å². The van der Waals surface area contributed by atoms with E-state index < -0.39 is 0 Å². The van der Waals surface area contributed by atoms with Gasteiger partial charge in [0.1, 0.15) is 5.82 Å². The minimum Gasteiger partial charge on any atom is -0.396 e. The number of hydrogen-bond acceptors (Lipinski definition) is 2.